The van der Waals surface area contributed by atoms with Gasteiger partial charge in [0, 0.05) is 31.1 Å². The van der Waals surface area contributed by atoms with Crippen LogP contribution in [-0.4, -0.2) is 37.6 Å². The molecule has 0 saturated carbocycles. The fraction of sp³-hybridized carbons (Fsp3) is 0.438. The number of rotatable bonds is 6. The summed E-state index contributed by atoms with van der Waals surface area (Å²) in [5.74, 6) is 0.612. The average molecular weight is 546 g/mol. The maximum absolute atomic E-state index is 13.0. The number of amides is 1. The number of ether oxygens (including phenoxy) is 2. The summed E-state index contributed by atoms with van der Waals surface area (Å²) in [6.07, 6.45) is 2.65. The Morgan fingerprint density at radius 3 is 2.54 bits per heavy atom. The zero-order valence-electron chi connectivity index (χ0n) is 23.7. The summed E-state index contributed by atoms with van der Waals surface area (Å²) in [4.78, 5) is 17.4. The summed E-state index contributed by atoms with van der Waals surface area (Å²) < 4.78 is 11.9. The van der Waals surface area contributed by atoms with Gasteiger partial charge >= 0.3 is 0 Å². The minimum absolute atomic E-state index is 0.0159. The Morgan fingerprint density at radius 2 is 1.87 bits per heavy atom. The highest BCUT2D eigenvalue weighted by Gasteiger charge is 2.42. The molecule has 206 valence electrons. The molecule has 1 amide bonds. The van der Waals surface area contributed by atoms with E-state index in [4.69, 9.17) is 9.47 Å². The molecule has 1 spiro atoms. The summed E-state index contributed by atoms with van der Waals surface area (Å²) in [6, 6.07) is 16.4. The molecule has 0 bridgehead atoms. The number of carbonyl (C=O) groups is 1. The van der Waals surface area contributed by atoms with E-state index in [9.17, 15) is 10.1 Å². The smallest absolute Gasteiger partial charge is 0.261 e. The first-order valence-corrected chi connectivity index (χ1v) is 14.6. The van der Waals surface area contributed by atoms with Crippen molar-refractivity contribution in [1.82, 2.24) is 10.2 Å². The Labute approximate surface area is 236 Å². The van der Waals surface area contributed by atoms with Crippen LogP contribution in [0, 0.1) is 25.2 Å². The van der Waals surface area contributed by atoms with Crippen molar-refractivity contribution >= 4 is 17.2 Å². The molecule has 3 heterocycles. The average Bonchev–Trinajstić information content (AvgIpc) is 3.42. The van der Waals surface area contributed by atoms with Gasteiger partial charge in [-0.3, -0.25) is 9.69 Å². The van der Waals surface area contributed by atoms with Crippen LogP contribution in [0.25, 0.3) is 0 Å². The number of nitrogens with one attached hydrogen (secondary N) is 1. The number of benzene rings is 2. The second-order valence-electron chi connectivity index (χ2n) is 10.1. The number of nitrogens with zero attached hydrogens (tertiary/aromatic N) is 2. The summed E-state index contributed by atoms with van der Waals surface area (Å²) >= 11 is 1.60. The predicted molar refractivity (Wildman–Crippen MR) is 156 cm³/mol. The molecular weight excluding hydrogens is 506 g/mol. The molecule has 6 nitrogen and oxygen atoms in total. The van der Waals surface area contributed by atoms with Crippen molar-refractivity contribution in [3.05, 3.63) is 85.6 Å². The molecule has 3 aromatic rings. The molecule has 39 heavy (non-hydrogen) atoms. The van der Waals surface area contributed by atoms with Crippen molar-refractivity contribution in [1.29, 1.82) is 5.26 Å². The number of fused-ring (bicyclic) bond motifs is 2. The van der Waals surface area contributed by atoms with E-state index in [0.29, 0.717) is 24.5 Å². The molecule has 0 radical (unpaired) electrons. The van der Waals surface area contributed by atoms with Gasteiger partial charge in [-0.2, -0.15) is 5.26 Å². The van der Waals surface area contributed by atoms with Crippen LogP contribution in [0.1, 0.15) is 74.6 Å². The number of nitriles is 1. The Balaban J connectivity index is 0.00000172. The third kappa shape index (κ3) is 6.36. The fourth-order valence-electron chi connectivity index (χ4n) is 5.35. The Hall–Kier alpha value is -3.18. The zero-order valence-corrected chi connectivity index (χ0v) is 24.5. The van der Waals surface area contributed by atoms with E-state index < -0.39 is 0 Å². The molecular formula is C32H39N3O3S. The quantitative estimate of drug-likeness (QED) is 0.395. The molecule has 1 aromatic heterocycles. The molecule has 0 atom stereocenters. The summed E-state index contributed by atoms with van der Waals surface area (Å²) in [7, 11) is 1.61. The van der Waals surface area contributed by atoms with Crippen LogP contribution in [0.3, 0.4) is 0 Å². The van der Waals surface area contributed by atoms with Gasteiger partial charge in [0.15, 0.2) is 0 Å². The molecule has 1 fully saturated rings. The molecule has 0 aliphatic carbocycles. The topological polar surface area (TPSA) is 74.6 Å². The molecule has 2 aliphatic rings. The van der Waals surface area contributed by atoms with Crippen molar-refractivity contribution in [2.45, 2.75) is 65.6 Å². The van der Waals surface area contributed by atoms with E-state index in [0.717, 1.165) is 54.9 Å². The molecule has 0 unspecified atom stereocenters. The van der Waals surface area contributed by atoms with Crippen LogP contribution in [0.2, 0.25) is 0 Å². The van der Waals surface area contributed by atoms with Gasteiger partial charge in [-0.05, 0) is 73.6 Å². The van der Waals surface area contributed by atoms with Gasteiger partial charge in [-0.25, -0.2) is 0 Å². The maximum atomic E-state index is 13.0. The third-order valence-electron chi connectivity index (χ3n) is 7.61. The van der Waals surface area contributed by atoms with Crippen molar-refractivity contribution in [2.24, 2.45) is 0 Å². The monoisotopic (exact) mass is 545 g/mol. The lowest BCUT2D eigenvalue weighted by atomic mass is 9.85. The first-order chi connectivity index (χ1) is 18.9. The van der Waals surface area contributed by atoms with Gasteiger partial charge in [0.25, 0.3) is 5.91 Å². The Bertz CT molecular complexity index is 1330. The van der Waals surface area contributed by atoms with Crippen molar-refractivity contribution in [3.63, 3.8) is 0 Å². The summed E-state index contributed by atoms with van der Waals surface area (Å²) in [5.41, 5.74) is 6.13. The van der Waals surface area contributed by atoms with Crippen molar-refractivity contribution in [3.8, 4) is 11.8 Å². The molecule has 5 rings (SSSR count). The molecule has 2 aromatic carbocycles. The van der Waals surface area contributed by atoms with Gasteiger partial charge in [0.2, 0.25) is 0 Å². The number of piperidine rings is 1. The van der Waals surface area contributed by atoms with E-state index in [2.05, 4.69) is 60.5 Å². The summed E-state index contributed by atoms with van der Waals surface area (Å²) in [6.45, 7) is 12.0. The van der Waals surface area contributed by atoms with Crippen molar-refractivity contribution < 1.29 is 14.3 Å². The van der Waals surface area contributed by atoms with Gasteiger partial charge < -0.3 is 14.8 Å². The van der Waals surface area contributed by atoms with Gasteiger partial charge in [0.05, 0.1) is 24.2 Å². The molecule has 7 heteroatoms. The lowest BCUT2D eigenvalue weighted by molar-refractivity contribution is -0.0961. The fourth-order valence-corrected chi connectivity index (χ4v) is 6.68. The Morgan fingerprint density at radius 1 is 1.15 bits per heavy atom. The second kappa shape index (κ2) is 12.8. The minimum atomic E-state index is -0.304. The predicted octanol–water partition coefficient (Wildman–Crippen LogP) is 6.27. The first kappa shape index (κ1) is 28.8. The lowest BCUT2D eigenvalue weighted by Gasteiger charge is -2.43. The van der Waals surface area contributed by atoms with Crippen LogP contribution in [0.15, 0.2) is 42.5 Å². The first-order valence-electron chi connectivity index (χ1n) is 13.8. The van der Waals surface area contributed by atoms with Crippen LogP contribution in [-0.2, 0) is 29.8 Å². The number of aryl methyl sites for hydroxylation is 2. The van der Waals surface area contributed by atoms with Crippen LogP contribution < -0.4 is 10.1 Å². The highest BCUT2D eigenvalue weighted by molar-refractivity contribution is 7.14. The van der Waals surface area contributed by atoms with Crippen LogP contribution >= 0.6 is 11.3 Å². The normalized spacial score (nSPS) is 16.0. The number of likely N-dealkylation sites (tertiary alicyclic amines) is 1. The van der Waals surface area contributed by atoms with E-state index >= 15 is 0 Å². The SMILES string of the molecule is CC.COc1cc(CN2CCC3(CC2)OCCc2cc(C(=O)NCc4ccc(C)cc4)sc23)c(C)cc1C#N. The third-order valence-corrected chi connectivity index (χ3v) is 8.97. The van der Waals surface area contributed by atoms with E-state index in [-0.39, 0.29) is 11.5 Å². The molecule has 1 N–H and O–H groups in total. The number of thiophene rings is 1. The minimum Gasteiger partial charge on any atom is -0.495 e. The molecule has 2 aliphatic heterocycles. The van der Waals surface area contributed by atoms with Crippen LogP contribution in [0.4, 0.5) is 0 Å². The number of hydrogen-bond acceptors (Lipinski definition) is 6. The maximum Gasteiger partial charge on any atom is 0.261 e. The number of hydrogen-bond donors (Lipinski definition) is 1. The van der Waals surface area contributed by atoms with E-state index in [1.165, 1.54) is 21.6 Å². The highest BCUT2D eigenvalue weighted by atomic mass is 32.1. The summed E-state index contributed by atoms with van der Waals surface area (Å²) in [5, 5.41) is 12.4. The van der Waals surface area contributed by atoms with E-state index in [1.54, 1.807) is 18.4 Å². The van der Waals surface area contributed by atoms with Gasteiger partial charge in [-0.15, -0.1) is 11.3 Å². The largest absolute Gasteiger partial charge is 0.495 e. The van der Waals surface area contributed by atoms with E-state index in [1.807, 2.05) is 26.0 Å². The standard InChI is InChI=1S/C30H33N3O3S.C2H6/c1-20-4-6-22(7-5-20)18-32-29(34)27-16-23-8-13-36-30(28(23)37-27)9-11-33(12-10-30)19-25-15-26(35-3)24(17-31)14-21(25)2;1-2/h4-7,14-16H,8-13,18-19H2,1-3H3,(H,32,34);1-2H3. The van der Waals surface area contributed by atoms with Gasteiger partial charge in [-0.1, -0.05) is 43.7 Å². The highest BCUT2D eigenvalue weighted by Crippen LogP contribution is 2.45. The van der Waals surface area contributed by atoms with Crippen molar-refractivity contribution in [2.75, 3.05) is 26.8 Å². The second-order valence-corrected chi connectivity index (χ2v) is 11.1. The zero-order chi connectivity index (χ0) is 28.0. The van der Waals surface area contributed by atoms with Gasteiger partial charge in [0.1, 0.15) is 17.4 Å². The molecule has 1 saturated heterocycles. The number of carbonyl (C=O) groups excluding carboxylic acids is 1. The lowest BCUT2D eigenvalue weighted by Crippen LogP contribution is -2.45. The number of methoxy groups -OCH3 is 1. The Kier molecular flexibility index (Phi) is 9.45. The van der Waals surface area contributed by atoms with Crippen LogP contribution in [0.5, 0.6) is 5.75 Å².